The van der Waals surface area contributed by atoms with Crippen LogP contribution in [0.4, 0.5) is 0 Å². The fraction of sp³-hybridized carbons (Fsp3) is 0.889. The van der Waals surface area contributed by atoms with Crippen molar-refractivity contribution in [3.05, 3.63) is 0 Å². The van der Waals surface area contributed by atoms with Crippen molar-refractivity contribution in [2.45, 2.75) is 25.5 Å². The van der Waals surface area contributed by atoms with Crippen LogP contribution in [0.25, 0.3) is 0 Å². The number of hydrogen-bond donors (Lipinski definition) is 1. The van der Waals surface area contributed by atoms with Crippen LogP contribution in [-0.2, 0) is 20.3 Å². The molecule has 1 unspecified atom stereocenters. The van der Waals surface area contributed by atoms with Gasteiger partial charge < -0.3 is 19.9 Å². The number of nitrogens with one attached hydrogen (secondary N) is 1. The van der Waals surface area contributed by atoms with E-state index in [1.54, 1.807) is 7.05 Å². The maximum atomic E-state index is 12.4. The quantitative estimate of drug-likeness (QED) is 0.312. The summed E-state index contributed by atoms with van der Waals surface area (Å²) >= 11 is 0. The maximum absolute atomic E-state index is 12.4. The van der Waals surface area contributed by atoms with Gasteiger partial charge in [-0.15, -0.1) is 24.0 Å². The fourth-order valence-electron chi connectivity index (χ4n) is 3.12. The molecule has 0 spiro atoms. The molecule has 1 amide bonds. The van der Waals surface area contributed by atoms with Gasteiger partial charge in [-0.25, -0.2) is 0 Å². The Balaban J connectivity index is 0.00000392. The van der Waals surface area contributed by atoms with Gasteiger partial charge in [-0.1, -0.05) is 0 Å². The Morgan fingerprint density at radius 1 is 1.07 bits per heavy atom. The lowest BCUT2D eigenvalue weighted by Gasteiger charge is -2.37. The van der Waals surface area contributed by atoms with Crippen LogP contribution in [0.5, 0.6) is 0 Å². The highest BCUT2D eigenvalue weighted by atomic mass is 127. The van der Waals surface area contributed by atoms with E-state index < -0.39 is 10.8 Å². The first kappa shape index (κ1) is 25.6. The van der Waals surface area contributed by atoms with Crippen LogP contribution in [0.1, 0.15) is 20.8 Å². The number of rotatable bonds is 5. The number of aliphatic imine (C=N–C) groups is 1. The van der Waals surface area contributed by atoms with Crippen molar-refractivity contribution >= 4 is 46.6 Å². The topological polar surface area (TPSA) is 77.5 Å². The van der Waals surface area contributed by atoms with Gasteiger partial charge in [-0.3, -0.25) is 18.9 Å². The summed E-state index contributed by atoms with van der Waals surface area (Å²) in [6.07, 6.45) is 0. The number of piperazine rings is 1. The molecule has 2 saturated heterocycles. The molecular weight excluding hydrogens is 493 g/mol. The van der Waals surface area contributed by atoms with Crippen molar-refractivity contribution < 1.29 is 13.7 Å². The molecule has 2 aliphatic heterocycles. The second kappa shape index (κ2) is 12.3. The Labute approximate surface area is 188 Å². The molecule has 0 aliphatic carbocycles. The molecule has 0 aromatic carbocycles. The largest absolute Gasteiger partial charge is 0.378 e. The monoisotopic (exact) mass is 529 g/mol. The van der Waals surface area contributed by atoms with E-state index in [2.05, 4.69) is 20.1 Å². The molecule has 2 fully saturated rings. The van der Waals surface area contributed by atoms with Crippen LogP contribution in [-0.4, -0.2) is 114 Å². The molecule has 0 aromatic heterocycles. The minimum absolute atomic E-state index is 0. The summed E-state index contributed by atoms with van der Waals surface area (Å²) in [6, 6.07) is 0. The third kappa shape index (κ3) is 8.11. The summed E-state index contributed by atoms with van der Waals surface area (Å²) in [7, 11) is 0.904. The van der Waals surface area contributed by atoms with Gasteiger partial charge in [-0.05, 0) is 20.8 Å². The van der Waals surface area contributed by atoms with E-state index in [9.17, 15) is 9.00 Å². The molecule has 0 aromatic rings. The van der Waals surface area contributed by atoms with E-state index in [0.717, 1.165) is 32.1 Å². The number of carbonyl (C=O) groups is 1. The molecule has 0 radical (unpaired) electrons. The second-order valence-corrected chi connectivity index (χ2v) is 10.2. The highest BCUT2D eigenvalue weighted by Crippen LogP contribution is 2.10. The number of carbonyl (C=O) groups excluding carboxylic acids is 1. The standard InChI is InChI=1S/C18H35N5O3S.HI/c1-18(2,3)27(25)14-5-20-17(19-4)23-8-6-21(7-9-23)15-16(24)22-10-12-26-13-11-22;/h5-15H2,1-4H3,(H,19,20);1H. The SMILES string of the molecule is CN=C(NCCS(=O)C(C)(C)C)N1CCN(CC(=O)N2CCOCC2)CC1.I. The first-order chi connectivity index (χ1) is 12.8. The minimum Gasteiger partial charge on any atom is -0.378 e. The lowest BCUT2D eigenvalue weighted by molar-refractivity contribution is -0.136. The molecule has 2 heterocycles. The molecule has 10 heteroatoms. The molecule has 1 atom stereocenters. The van der Waals surface area contributed by atoms with E-state index >= 15 is 0 Å². The van der Waals surface area contributed by atoms with Crippen LogP contribution < -0.4 is 5.32 Å². The number of morpholine rings is 1. The first-order valence-corrected chi connectivity index (χ1v) is 11.0. The number of ether oxygens (including phenoxy) is 1. The Hall–Kier alpha value is -0.460. The van der Waals surface area contributed by atoms with E-state index in [1.807, 2.05) is 25.7 Å². The van der Waals surface area contributed by atoms with Gasteiger partial charge in [0.15, 0.2) is 5.96 Å². The summed E-state index contributed by atoms with van der Waals surface area (Å²) in [4.78, 5) is 23.0. The number of guanidine groups is 1. The minimum atomic E-state index is -0.871. The number of nitrogens with zero attached hydrogens (tertiary/aromatic N) is 4. The smallest absolute Gasteiger partial charge is 0.236 e. The van der Waals surface area contributed by atoms with Crippen LogP contribution in [0.2, 0.25) is 0 Å². The average Bonchev–Trinajstić information content (AvgIpc) is 2.66. The molecule has 1 N–H and O–H groups in total. The van der Waals surface area contributed by atoms with E-state index in [1.165, 1.54) is 0 Å². The molecular formula is C18H36IN5O3S. The van der Waals surface area contributed by atoms with Crippen molar-refractivity contribution in [1.29, 1.82) is 0 Å². The zero-order valence-corrected chi connectivity index (χ0v) is 20.8. The zero-order chi connectivity index (χ0) is 19.9. The molecule has 2 aliphatic rings. The van der Waals surface area contributed by atoms with Crippen molar-refractivity contribution in [2.75, 3.05) is 78.4 Å². The summed E-state index contributed by atoms with van der Waals surface area (Å²) in [5, 5.41) is 3.32. The lowest BCUT2D eigenvalue weighted by Crippen LogP contribution is -2.55. The Morgan fingerprint density at radius 3 is 2.21 bits per heavy atom. The van der Waals surface area contributed by atoms with Crippen molar-refractivity contribution in [1.82, 2.24) is 20.0 Å². The maximum Gasteiger partial charge on any atom is 0.236 e. The second-order valence-electron chi connectivity index (χ2n) is 7.89. The third-order valence-electron chi connectivity index (χ3n) is 4.86. The highest BCUT2D eigenvalue weighted by Gasteiger charge is 2.24. The van der Waals surface area contributed by atoms with Crippen LogP contribution in [0, 0.1) is 0 Å². The van der Waals surface area contributed by atoms with Crippen LogP contribution in [0.15, 0.2) is 4.99 Å². The number of hydrogen-bond acceptors (Lipinski definition) is 5. The summed E-state index contributed by atoms with van der Waals surface area (Å²) in [5.74, 6) is 1.65. The van der Waals surface area contributed by atoms with Crippen LogP contribution in [0.3, 0.4) is 0 Å². The van der Waals surface area contributed by atoms with Gasteiger partial charge >= 0.3 is 0 Å². The molecule has 164 valence electrons. The zero-order valence-electron chi connectivity index (χ0n) is 17.6. The van der Waals surface area contributed by atoms with Crippen molar-refractivity contribution in [3.63, 3.8) is 0 Å². The Kier molecular flexibility index (Phi) is 11.2. The summed E-state index contributed by atoms with van der Waals surface area (Å²) in [5.41, 5.74) is 0. The number of halogens is 1. The predicted octanol–water partition coefficient (Wildman–Crippen LogP) is 0.203. The summed E-state index contributed by atoms with van der Waals surface area (Å²) < 4.78 is 17.3. The van der Waals surface area contributed by atoms with E-state index in [0.29, 0.717) is 45.1 Å². The van der Waals surface area contributed by atoms with Crippen molar-refractivity contribution in [2.24, 2.45) is 4.99 Å². The molecule has 0 saturated carbocycles. The molecule has 28 heavy (non-hydrogen) atoms. The molecule has 0 bridgehead atoms. The van der Waals surface area contributed by atoms with Crippen molar-refractivity contribution in [3.8, 4) is 0 Å². The molecule has 8 nitrogen and oxygen atoms in total. The number of amides is 1. The van der Waals surface area contributed by atoms with Gasteiger partial charge in [0.1, 0.15) is 0 Å². The highest BCUT2D eigenvalue weighted by molar-refractivity contribution is 14.0. The average molecular weight is 529 g/mol. The van der Waals surface area contributed by atoms with Gasteiger partial charge in [0.25, 0.3) is 0 Å². The van der Waals surface area contributed by atoms with Gasteiger partial charge in [0.2, 0.25) is 5.91 Å². The van der Waals surface area contributed by atoms with E-state index in [-0.39, 0.29) is 34.6 Å². The lowest BCUT2D eigenvalue weighted by atomic mass is 10.3. The summed E-state index contributed by atoms with van der Waals surface area (Å²) in [6.45, 7) is 13.1. The normalized spacial score (nSPS) is 20.5. The Bertz CT molecular complexity index is 542. The van der Waals surface area contributed by atoms with E-state index in [4.69, 9.17) is 4.74 Å². The van der Waals surface area contributed by atoms with Gasteiger partial charge in [0, 0.05) is 74.2 Å². The fourth-order valence-corrected chi connectivity index (χ4v) is 4.02. The Morgan fingerprint density at radius 2 is 1.68 bits per heavy atom. The molecule has 2 rings (SSSR count). The van der Waals surface area contributed by atoms with Gasteiger partial charge in [-0.2, -0.15) is 0 Å². The van der Waals surface area contributed by atoms with Gasteiger partial charge in [0.05, 0.1) is 19.8 Å². The predicted molar refractivity (Wildman–Crippen MR) is 125 cm³/mol. The third-order valence-corrected chi connectivity index (χ3v) is 6.80. The van der Waals surface area contributed by atoms with Crippen LogP contribution >= 0.6 is 24.0 Å². The first-order valence-electron chi connectivity index (χ1n) is 9.73.